The van der Waals surface area contributed by atoms with E-state index in [2.05, 4.69) is 10.2 Å². The number of hydrogen-bond donors (Lipinski definition) is 1. The molecule has 1 aromatic carbocycles. The second-order valence-corrected chi connectivity index (χ2v) is 6.67. The van der Waals surface area contributed by atoms with Crippen molar-refractivity contribution in [2.24, 2.45) is 0 Å². The fourth-order valence-electron chi connectivity index (χ4n) is 3.58. The highest BCUT2D eigenvalue weighted by atomic mass is 35.5. The van der Waals surface area contributed by atoms with Crippen LogP contribution in [-0.2, 0) is 0 Å². The van der Waals surface area contributed by atoms with E-state index in [9.17, 15) is 4.79 Å². The lowest BCUT2D eigenvalue weighted by Crippen LogP contribution is -2.47. The molecule has 114 valence electrons. The van der Waals surface area contributed by atoms with E-state index in [0.29, 0.717) is 16.6 Å². The SMILES string of the molecule is O=C(NC1CCN(C2CCCC2)CC1)c1cccc(Cl)c1. The first kappa shape index (κ1) is 14.9. The molecule has 0 aromatic heterocycles. The summed E-state index contributed by atoms with van der Waals surface area (Å²) < 4.78 is 0. The lowest BCUT2D eigenvalue weighted by molar-refractivity contribution is 0.0892. The first-order chi connectivity index (χ1) is 10.2. The Bertz CT molecular complexity index is 491. The molecule has 2 fully saturated rings. The van der Waals surface area contributed by atoms with Gasteiger partial charge in [0.15, 0.2) is 0 Å². The molecular weight excluding hydrogens is 284 g/mol. The number of hydrogen-bond acceptors (Lipinski definition) is 2. The molecule has 4 heteroatoms. The average Bonchev–Trinajstić information content (AvgIpc) is 3.02. The average molecular weight is 307 g/mol. The second-order valence-electron chi connectivity index (χ2n) is 6.23. The minimum Gasteiger partial charge on any atom is -0.349 e. The van der Waals surface area contributed by atoms with E-state index in [-0.39, 0.29) is 5.91 Å². The molecule has 0 radical (unpaired) electrons. The van der Waals surface area contributed by atoms with Gasteiger partial charge in [-0.2, -0.15) is 0 Å². The molecular formula is C17H23ClN2O. The highest BCUT2D eigenvalue weighted by molar-refractivity contribution is 6.30. The van der Waals surface area contributed by atoms with Crippen LogP contribution in [0.3, 0.4) is 0 Å². The van der Waals surface area contributed by atoms with E-state index >= 15 is 0 Å². The first-order valence-corrected chi connectivity index (χ1v) is 8.40. The zero-order chi connectivity index (χ0) is 14.7. The van der Waals surface area contributed by atoms with E-state index < -0.39 is 0 Å². The molecule has 0 atom stereocenters. The number of nitrogens with zero attached hydrogens (tertiary/aromatic N) is 1. The summed E-state index contributed by atoms with van der Waals surface area (Å²) in [7, 11) is 0. The van der Waals surface area contributed by atoms with Crippen molar-refractivity contribution in [1.29, 1.82) is 0 Å². The van der Waals surface area contributed by atoms with E-state index in [4.69, 9.17) is 11.6 Å². The van der Waals surface area contributed by atoms with Crippen molar-refractivity contribution in [3.05, 3.63) is 34.9 Å². The molecule has 0 bridgehead atoms. The van der Waals surface area contributed by atoms with Gasteiger partial charge in [-0.15, -0.1) is 0 Å². The van der Waals surface area contributed by atoms with E-state index in [1.165, 1.54) is 25.7 Å². The number of benzene rings is 1. The van der Waals surface area contributed by atoms with Crippen molar-refractivity contribution >= 4 is 17.5 Å². The Morgan fingerprint density at radius 1 is 1.14 bits per heavy atom. The molecule has 3 nitrogen and oxygen atoms in total. The molecule has 2 aliphatic rings. The summed E-state index contributed by atoms with van der Waals surface area (Å²) in [6.07, 6.45) is 7.61. The van der Waals surface area contributed by atoms with Gasteiger partial charge >= 0.3 is 0 Å². The Morgan fingerprint density at radius 2 is 1.86 bits per heavy atom. The molecule has 3 rings (SSSR count). The van der Waals surface area contributed by atoms with E-state index in [0.717, 1.165) is 32.0 Å². The third kappa shape index (κ3) is 3.78. The minimum absolute atomic E-state index is 0.00295. The third-order valence-corrected chi connectivity index (χ3v) is 5.03. The Morgan fingerprint density at radius 3 is 2.52 bits per heavy atom. The maximum absolute atomic E-state index is 12.2. The predicted molar refractivity (Wildman–Crippen MR) is 85.8 cm³/mol. The third-order valence-electron chi connectivity index (χ3n) is 4.79. The Balaban J connectivity index is 1.49. The topological polar surface area (TPSA) is 32.3 Å². The standard InChI is InChI=1S/C17H23ClN2O/c18-14-5-3-4-13(12-14)17(21)19-15-8-10-20(11-9-15)16-6-1-2-7-16/h3-5,12,15-16H,1-2,6-11H2,(H,19,21). The van der Waals surface area contributed by atoms with Gasteiger partial charge in [-0.1, -0.05) is 30.5 Å². The summed E-state index contributed by atoms with van der Waals surface area (Å²) in [4.78, 5) is 14.8. The van der Waals surface area contributed by atoms with Gasteiger partial charge in [-0.25, -0.2) is 0 Å². The highest BCUT2D eigenvalue weighted by Crippen LogP contribution is 2.26. The van der Waals surface area contributed by atoms with E-state index in [1.807, 2.05) is 12.1 Å². The summed E-state index contributed by atoms with van der Waals surface area (Å²) in [6, 6.07) is 8.25. The van der Waals surface area contributed by atoms with Crippen LogP contribution in [0.2, 0.25) is 5.02 Å². The largest absolute Gasteiger partial charge is 0.349 e. The summed E-state index contributed by atoms with van der Waals surface area (Å²) in [5.41, 5.74) is 0.653. The Kier molecular flexibility index (Phi) is 4.81. The highest BCUT2D eigenvalue weighted by Gasteiger charge is 2.27. The lowest BCUT2D eigenvalue weighted by atomic mass is 10.0. The van der Waals surface area contributed by atoms with Crippen LogP contribution in [0.5, 0.6) is 0 Å². The molecule has 1 aliphatic carbocycles. The monoisotopic (exact) mass is 306 g/mol. The Hall–Kier alpha value is -1.06. The van der Waals surface area contributed by atoms with E-state index in [1.54, 1.807) is 12.1 Å². The molecule has 0 unspecified atom stereocenters. The van der Waals surface area contributed by atoms with Gasteiger partial charge in [0.25, 0.3) is 5.91 Å². The normalized spacial score (nSPS) is 21.6. The number of rotatable bonds is 3. The lowest BCUT2D eigenvalue weighted by Gasteiger charge is -2.36. The summed E-state index contributed by atoms with van der Waals surface area (Å²) in [5.74, 6) is -0.00295. The van der Waals surface area contributed by atoms with Crippen LogP contribution in [-0.4, -0.2) is 36.0 Å². The molecule has 1 saturated heterocycles. The summed E-state index contributed by atoms with van der Waals surface area (Å²) in [5, 5.41) is 3.76. The fourth-order valence-corrected chi connectivity index (χ4v) is 3.77. The molecule has 1 aliphatic heterocycles. The maximum Gasteiger partial charge on any atom is 0.251 e. The van der Waals surface area contributed by atoms with Crippen molar-refractivity contribution in [2.45, 2.75) is 50.6 Å². The van der Waals surface area contributed by atoms with Crippen LogP contribution in [0.15, 0.2) is 24.3 Å². The van der Waals surface area contributed by atoms with Crippen molar-refractivity contribution in [2.75, 3.05) is 13.1 Å². The molecule has 1 aromatic rings. The van der Waals surface area contributed by atoms with Crippen LogP contribution in [0.1, 0.15) is 48.9 Å². The number of nitrogens with one attached hydrogen (secondary N) is 1. The number of carbonyl (C=O) groups excluding carboxylic acids is 1. The van der Waals surface area contributed by atoms with Gasteiger partial charge in [0, 0.05) is 35.8 Å². The molecule has 1 amide bonds. The molecule has 1 N–H and O–H groups in total. The number of amides is 1. The number of halogens is 1. The zero-order valence-electron chi connectivity index (χ0n) is 12.4. The summed E-state index contributed by atoms with van der Waals surface area (Å²) >= 11 is 5.94. The zero-order valence-corrected chi connectivity index (χ0v) is 13.1. The van der Waals surface area contributed by atoms with Crippen molar-refractivity contribution in [1.82, 2.24) is 10.2 Å². The van der Waals surface area contributed by atoms with Crippen LogP contribution in [0, 0.1) is 0 Å². The quantitative estimate of drug-likeness (QED) is 0.927. The molecule has 1 saturated carbocycles. The maximum atomic E-state index is 12.2. The van der Waals surface area contributed by atoms with Crippen LogP contribution in [0.25, 0.3) is 0 Å². The summed E-state index contributed by atoms with van der Waals surface area (Å²) in [6.45, 7) is 2.23. The second kappa shape index (κ2) is 6.80. The van der Waals surface area contributed by atoms with Gasteiger partial charge < -0.3 is 10.2 Å². The molecule has 0 spiro atoms. The minimum atomic E-state index is -0.00295. The van der Waals surface area contributed by atoms with Crippen molar-refractivity contribution in [3.63, 3.8) is 0 Å². The van der Waals surface area contributed by atoms with Crippen LogP contribution < -0.4 is 5.32 Å². The van der Waals surface area contributed by atoms with Gasteiger partial charge in [0.1, 0.15) is 0 Å². The Labute approximate surface area is 131 Å². The van der Waals surface area contributed by atoms with Gasteiger partial charge in [-0.05, 0) is 43.9 Å². The van der Waals surface area contributed by atoms with Crippen LogP contribution >= 0.6 is 11.6 Å². The predicted octanol–water partition coefficient (Wildman–Crippen LogP) is 3.48. The number of piperidine rings is 1. The van der Waals surface area contributed by atoms with Crippen molar-refractivity contribution < 1.29 is 4.79 Å². The first-order valence-electron chi connectivity index (χ1n) is 8.03. The van der Waals surface area contributed by atoms with Gasteiger partial charge in [0.05, 0.1) is 0 Å². The molecule has 1 heterocycles. The number of carbonyl (C=O) groups is 1. The molecule has 21 heavy (non-hydrogen) atoms. The van der Waals surface area contributed by atoms with Crippen molar-refractivity contribution in [3.8, 4) is 0 Å². The fraction of sp³-hybridized carbons (Fsp3) is 0.588. The smallest absolute Gasteiger partial charge is 0.251 e. The van der Waals surface area contributed by atoms with Gasteiger partial charge in [-0.3, -0.25) is 4.79 Å². The number of likely N-dealkylation sites (tertiary alicyclic amines) is 1. The van der Waals surface area contributed by atoms with Crippen LogP contribution in [0.4, 0.5) is 0 Å². The van der Waals surface area contributed by atoms with Gasteiger partial charge in [0.2, 0.25) is 0 Å².